The SMILES string of the molecule is CN(C)Cc1cccn2c(-c3cnc(Nc4ccc(C(=O)Nc5ccccc5N)s4)s3)cnc12. The van der Waals surface area contributed by atoms with Crippen LogP contribution in [-0.4, -0.2) is 39.3 Å². The smallest absolute Gasteiger partial charge is 0.265 e. The second kappa shape index (κ2) is 9.26. The first kappa shape index (κ1) is 22.1. The first-order valence-corrected chi connectivity index (χ1v) is 12.2. The molecule has 0 aliphatic carbocycles. The molecule has 0 atom stereocenters. The van der Waals surface area contributed by atoms with Crippen molar-refractivity contribution in [3.05, 3.63) is 77.6 Å². The third-order valence-electron chi connectivity index (χ3n) is 5.13. The standard InChI is InChI=1S/C24H23N7OS2/c1-30(2)14-15-6-5-11-31-18(12-26-22(15)31)20-13-27-24(34-20)29-21-10-9-19(33-21)23(32)28-17-8-4-3-7-16(17)25/h3-13H,14,25H2,1-2H3,(H,27,29)(H,28,32). The van der Waals surface area contributed by atoms with E-state index in [2.05, 4.69) is 36.0 Å². The van der Waals surface area contributed by atoms with Crippen LogP contribution in [0, 0.1) is 0 Å². The lowest BCUT2D eigenvalue weighted by atomic mass is 10.2. The van der Waals surface area contributed by atoms with Gasteiger partial charge in [0, 0.05) is 24.5 Å². The average molecular weight is 490 g/mol. The van der Waals surface area contributed by atoms with E-state index in [9.17, 15) is 4.79 Å². The molecular formula is C24H23N7OS2. The van der Waals surface area contributed by atoms with Crippen LogP contribution in [0.3, 0.4) is 0 Å². The number of benzene rings is 1. The fourth-order valence-electron chi connectivity index (χ4n) is 3.59. The molecule has 0 saturated heterocycles. The second-order valence-electron chi connectivity index (χ2n) is 7.97. The van der Waals surface area contributed by atoms with E-state index in [4.69, 9.17) is 5.73 Å². The molecule has 0 saturated carbocycles. The van der Waals surface area contributed by atoms with Crippen LogP contribution in [0.5, 0.6) is 0 Å². The van der Waals surface area contributed by atoms with Gasteiger partial charge in [-0.1, -0.05) is 29.5 Å². The first-order chi connectivity index (χ1) is 16.5. The topological polar surface area (TPSA) is 101 Å². The van der Waals surface area contributed by atoms with E-state index < -0.39 is 0 Å². The molecule has 172 valence electrons. The number of nitrogens with one attached hydrogen (secondary N) is 2. The van der Waals surface area contributed by atoms with Crippen LogP contribution in [0.25, 0.3) is 16.2 Å². The van der Waals surface area contributed by atoms with Crippen LogP contribution in [0.2, 0.25) is 0 Å². The lowest BCUT2D eigenvalue weighted by Crippen LogP contribution is -2.11. The second-order valence-corrected chi connectivity index (χ2v) is 10.1. The van der Waals surface area contributed by atoms with E-state index in [0.29, 0.717) is 16.3 Å². The van der Waals surface area contributed by atoms with Crippen molar-refractivity contribution in [2.45, 2.75) is 6.54 Å². The Bertz CT molecular complexity index is 1470. The van der Waals surface area contributed by atoms with Crippen molar-refractivity contribution in [1.29, 1.82) is 0 Å². The number of para-hydroxylation sites is 2. The maximum Gasteiger partial charge on any atom is 0.265 e. The number of thiazole rings is 1. The summed E-state index contributed by atoms with van der Waals surface area (Å²) < 4.78 is 2.10. The Morgan fingerprint density at radius 1 is 1.06 bits per heavy atom. The fourth-order valence-corrected chi connectivity index (χ4v) is 5.29. The normalized spacial score (nSPS) is 11.3. The predicted octanol–water partition coefficient (Wildman–Crippen LogP) is 5.16. The summed E-state index contributed by atoms with van der Waals surface area (Å²) in [5, 5.41) is 7.74. The number of carbonyl (C=O) groups is 1. The van der Waals surface area contributed by atoms with Crippen molar-refractivity contribution in [2.75, 3.05) is 30.5 Å². The molecule has 0 unspecified atom stereocenters. The zero-order valence-electron chi connectivity index (χ0n) is 18.6. The molecule has 5 aromatic rings. The molecule has 0 aliphatic heterocycles. The van der Waals surface area contributed by atoms with Gasteiger partial charge in [0.05, 0.1) is 38.0 Å². The minimum atomic E-state index is -0.199. The Kier molecular flexibility index (Phi) is 6.01. The fraction of sp³-hybridized carbons (Fsp3) is 0.125. The Morgan fingerprint density at radius 2 is 1.91 bits per heavy atom. The van der Waals surface area contributed by atoms with Crippen molar-refractivity contribution in [1.82, 2.24) is 19.3 Å². The number of amides is 1. The summed E-state index contributed by atoms with van der Waals surface area (Å²) in [6.45, 7) is 0.821. The predicted molar refractivity (Wildman–Crippen MR) is 140 cm³/mol. The number of carbonyl (C=O) groups excluding carboxylic acids is 1. The lowest BCUT2D eigenvalue weighted by Gasteiger charge is -2.10. The molecular weight excluding hydrogens is 466 g/mol. The van der Waals surface area contributed by atoms with Gasteiger partial charge >= 0.3 is 0 Å². The number of anilines is 4. The summed E-state index contributed by atoms with van der Waals surface area (Å²) in [5.41, 5.74) is 10.2. The van der Waals surface area contributed by atoms with Crippen LogP contribution in [0.4, 0.5) is 21.5 Å². The van der Waals surface area contributed by atoms with Crippen LogP contribution >= 0.6 is 22.7 Å². The molecule has 4 aromatic heterocycles. The van der Waals surface area contributed by atoms with Crippen molar-refractivity contribution < 1.29 is 4.79 Å². The molecule has 34 heavy (non-hydrogen) atoms. The Labute approximate surface area is 204 Å². The number of nitrogens with two attached hydrogens (primary N) is 1. The van der Waals surface area contributed by atoms with E-state index in [1.54, 1.807) is 18.2 Å². The number of fused-ring (bicyclic) bond motifs is 1. The van der Waals surface area contributed by atoms with Gasteiger partial charge in [-0.3, -0.25) is 9.20 Å². The van der Waals surface area contributed by atoms with Gasteiger partial charge in [-0.05, 0) is 44.4 Å². The third kappa shape index (κ3) is 4.51. The minimum Gasteiger partial charge on any atom is -0.397 e. The maximum atomic E-state index is 12.6. The number of thiophene rings is 1. The summed E-state index contributed by atoms with van der Waals surface area (Å²) >= 11 is 2.90. The number of hydrogen-bond donors (Lipinski definition) is 3. The average Bonchev–Trinajstić information content (AvgIpc) is 3.55. The first-order valence-electron chi connectivity index (χ1n) is 10.6. The van der Waals surface area contributed by atoms with Gasteiger partial charge in [0.1, 0.15) is 5.65 Å². The number of hydrogen-bond acceptors (Lipinski definition) is 8. The highest BCUT2D eigenvalue weighted by atomic mass is 32.1. The van der Waals surface area contributed by atoms with E-state index in [1.807, 2.05) is 57.0 Å². The molecule has 4 heterocycles. The maximum absolute atomic E-state index is 12.6. The lowest BCUT2D eigenvalue weighted by molar-refractivity contribution is 0.103. The Morgan fingerprint density at radius 3 is 2.74 bits per heavy atom. The van der Waals surface area contributed by atoms with E-state index in [-0.39, 0.29) is 5.91 Å². The quantitative estimate of drug-likeness (QED) is 0.273. The van der Waals surface area contributed by atoms with Crippen molar-refractivity contribution >= 4 is 55.7 Å². The highest BCUT2D eigenvalue weighted by molar-refractivity contribution is 7.20. The zero-order chi connectivity index (χ0) is 23.7. The van der Waals surface area contributed by atoms with Gasteiger partial charge < -0.3 is 21.3 Å². The van der Waals surface area contributed by atoms with E-state index in [1.165, 1.54) is 28.2 Å². The van der Waals surface area contributed by atoms with E-state index in [0.717, 1.165) is 32.9 Å². The molecule has 1 amide bonds. The van der Waals surface area contributed by atoms with Crippen LogP contribution in [0.15, 0.2) is 67.1 Å². The summed E-state index contributed by atoms with van der Waals surface area (Å²) in [5.74, 6) is -0.199. The molecule has 0 bridgehead atoms. The van der Waals surface area contributed by atoms with E-state index >= 15 is 0 Å². The molecule has 0 spiro atoms. The highest BCUT2D eigenvalue weighted by Gasteiger charge is 2.15. The molecule has 4 N–H and O–H groups in total. The third-order valence-corrected chi connectivity index (χ3v) is 7.06. The number of aromatic nitrogens is 3. The van der Waals surface area contributed by atoms with Gasteiger partial charge in [0.25, 0.3) is 5.91 Å². The van der Waals surface area contributed by atoms with Crippen molar-refractivity contribution in [3.8, 4) is 10.6 Å². The molecule has 5 rings (SSSR count). The molecule has 1 aromatic carbocycles. The number of imidazole rings is 1. The molecule has 0 aliphatic rings. The van der Waals surface area contributed by atoms with Gasteiger partial charge in [-0.15, -0.1) is 11.3 Å². The monoisotopic (exact) mass is 489 g/mol. The Balaban J connectivity index is 1.32. The van der Waals surface area contributed by atoms with Gasteiger partial charge in [-0.25, -0.2) is 9.97 Å². The number of nitrogens with zero attached hydrogens (tertiary/aromatic N) is 4. The van der Waals surface area contributed by atoms with Crippen molar-refractivity contribution in [3.63, 3.8) is 0 Å². The highest BCUT2D eigenvalue weighted by Crippen LogP contribution is 2.33. The number of rotatable bonds is 7. The molecule has 0 fully saturated rings. The van der Waals surface area contributed by atoms with Crippen molar-refractivity contribution in [2.24, 2.45) is 0 Å². The van der Waals surface area contributed by atoms with Gasteiger partial charge in [0.2, 0.25) is 0 Å². The number of pyridine rings is 1. The Hall–Kier alpha value is -3.73. The van der Waals surface area contributed by atoms with Gasteiger partial charge in [-0.2, -0.15) is 0 Å². The summed E-state index contributed by atoms with van der Waals surface area (Å²) in [6.07, 6.45) is 5.75. The summed E-state index contributed by atoms with van der Waals surface area (Å²) in [7, 11) is 4.09. The van der Waals surface area contributed by atoms with Gasteiger partial charge in [0.15, 0.2) is 5.13 Å². The zero-order valence-corrected chi connectivity index (χ0v) is 20.3. The largest absolute Gasteiger partial charge is 0.397 e. The van der Waals surface area contributed by atoms with Crippen LogP contribution < -0.4 is 16.4 Å². The van der Waals surface area contributed by atoms with Crippen LogP contribution in [-0.2, 0) is 6.54 Å². The van der Waals surface area contributed by atoms with Crippen LogP contribution in [0.1, 0.15) is 15.2 Å². The summed E-state index contributed by atoms with van der Waals surface area (Å²) in [4.78, 5) is 25.5. The molecule has 10 heteroatoms. The minimum absolute atomic E-state index is 0.199. The molecule has 0 radical (unpaired) electrons. The number of nitrogen functional groups attached to an aromatic ring is 1. The summed E-state index contributed by atoms with van der Waals surface area (Å²) in [6, 6.07) is 15.0. The molecule has 8 nitrogen and oxygen atoms in total.